The van der Waals surface area contributed by atoms with Crippen LogP contribution in [0.2, 0.25) is 0 Å². The maximum absolute atomic E-state index is 12.9. The number of hydrogen-bond donors (Lipinski definition) is 2. The first-order valence-electron chi connectivity index (χ1n) is 10.5. The molecular weight excluding hydrogens is 396 g/mol. The zero-order chi connectivity index (χ0) is 21.4. The fourth-order valence-electron chi connectivity index (χ4n) is 4.32. The van der Waals surface area contributed by atoms with Gasteiger partial charge in [0.25, 0.3) is 0 Å². The number of nitrogens with one attached hydrogen (secondary N) is 1. The molecule has 1 saturated heterocycles. The highest BCUT2D eigenvalue weighted by molar-refractivity contribution is 6.14. The van der Waals surface area contributed by atoms with Crippen LogP contribution in [0.25, 0.3) is 17.0 Å². The molecule has 0 saturated carbocycles. The minimum atomic E-state index is -0.237. The number of nitrogens with zero attached hydrogens (tertiary/aromatic N) is 1. The van der Waals surface area contributed by atoms with Gasteiger partial charge in [0.05, 0.1) is 25.3 Å². The fourth-order valence-corrected chi connectivity index (χ4v) is 4.32. The van der Waals surface area contributed by atoms with E-state index in [-0.39, 0.29) is 23.9 Å². The van der Waals surface area contributed by atoms with Crippen molar-refractivity contribution >= 4 is 22.8 Å². The normalized spacial score (nSPS) is 18.6. The van der Waals surface area contributed by atoms with E-state index in [1.54, 1.807) is 12.1 Å². The number of carbonyl (C=O) groups is 1. The Kier molecular flexibility index (Phi) is 5.23. The van der Waals surface area contributed by atoms with Crippen molar-refractivity contribution in [1.82, 2.24) is 4.90 Å². The van der Waals surface area contributed by atoms with Gasteiger partial charge in [0.15, 0.2) is 5.76 Å². The van der Waals surface area contributed by atoms with E-state index >= 15 is 0 Å². The number of rotatable bonds is 5. The van der Waals surface area contributed by atoms with E-state index in [4.69, 9.17) is 14.3 Å². The molecule has 5 rings (SSSR count). The molecule has 2 aromatic carbocycles. The third-order valence-corrected chi connectivity index (χ3v) is 6.02. The molecule has 0 spiro atoms. The van der Waals surface area contributed by atoms with Crippen molar-refractivity contribution in [3.05, 3.63) is 65.1 Å². The molecule has 3 heterocycles. The van der Waals surface area contributed by atoms with Crippen LogP contribution in [0.5, 0.6) is 11.5 Å². The molecule has 0 atom stereocenters. The van der Waals surface area contributed by atoms with E-state index in [1.807, 2.05) is 30.3 Å². The van der Waals surface area contributed by atoms with Crippen LogP contribution >= 0.6 is 0 Å². The summed E-state index contributed by atoms with van der Waals surface area (Å²) in [5.74, 6) is 0.738. The van der Waals surface area contributed by atoms with E-state index < -0.39 is 0 Å². The first-order valence-corrected chi connectivity index (χ1v) is 10.5. The Balaban J connectivity index is 1.38. The number of quaternary nitrogens is 1. The molecule has 2 aliphatic rings. The van der Waals surface area contributed by atoms with Crippen LogP contribution in [-0.2, 0) is 6.54 Å². The zero-order valence-corrected chi connectivity index (χ0v) is 17.1. The smallest absolute Gasteiger partial charge is 0.232 e. The zero-order valence-electron chi connectivity index (χ0n) is 17.1. The van der Waals surface area contributed by atoms with Crippen molar-refractivity contribution in [2.45, 2.75) is 6.54 Å². The summed E-state index contributed by atoms with van der Waals surface area (Å²) in [6.07, 6.45) is 1.59. The van der Waals surface area contributed by atoms with Gasteiger partial charge in [-0.25, -0.2) is 0 Å². The maximum Gasteiger partial charge on any atom is 0.232 e. The van der Waals surface area contributed by atoms with Crippen LogP contribution in [0.15, 0.2) is 52.6 Å². The van der Waals surface area contributed by atoms with E-state index in [0.29, 0.717) is 35.7 Å². The molecule has 0 bridgehead atoms. The van der Waals surface area contributed by atoms with Crippen molar-refractivity contribution in [2.24, 2.45) is 0 Å². The maximum atomic E-state index is 12.9. The molecule has 1 fully saturated rings. The van der Waals surface area contributed by atoms with Gasteiger partial charge in [-0.15, -0.1) is 0 Å². The lowest BCUT2D eigenvalue weighted by molar-refractivity contribution is -0.918. The predicted octanol–water partition coefficient (Wildman–Crippen LogP) is 0.815. The molecule has 0 aliphatic carbocycles. The van der Waals surface area contributed by atoms with Gasteiger partial charge >= 0.3 is 0 Å². The predicted molar refractivity (Wildman–Crippen MR) is 113 cm³/mol. The highest BCUT2D eigenvalue weighted by atomic mass is 16.5. The number of furan rings is 1. The standard InChI is InChI=1S/C24H24N2O5/c27-12-11-25-7-9-26(10-8-25)15-19-20(28)6-5-18-23(29)22(31-24(18)19)14-17-13-16-3-1-2-4-21(16)30-17/h1-6,13-14,27-28H,7-12,15H2. The van der Waals surface area contributed by atoms with Crippen LogP contribution in [-0.4, -0.2) is 55.1 Å². The summed E-state index contributed by atoms with van der Waals surface area (Å²) in [6, 6.07) is 12.5. The highest BCUT2D eigenvalue weighted by Gasteiger charge is 2.32. The summed E-state index contributed by atoms with van der Waals surface area (Å²) in [6.45, 7) is 4.83. The fraction of sp³-hybridized carbons (Fsp3) is 0.292. The Hall–Kier alpha value is -3.13. The van der Waals surface area contributed by atoms with Gasteiger partial charge in [0, 0.05) is 36.7 Å². The number of aliphatic hydroxyl groups is 1. The average Bonchev–Trinajstić information content (AvgIpc) is 3.32. The van der Waals surface area contributed by atoms with Crippen LogP contribution in [0.1, 0.15) is 21.7 Å². The number of allylic oxidation sites excluding steroid dienone is 1. The van der Waals surface area contributed by atoms with Gasteiger partial charge in [-0.05, 0) is 18.2 Å². The van der Waals surface area contributed by atoms with Crippen molar-refractivity contribution < 1.29 is 29.1 Å². The van der Waals surface area contributed by atoms with E-state index in [0.717, 1.165) is 37.1 Å². The summed E-state index contributed by atoms with van der Waals surface area (Å²) >= 11 is 0. The Morgan fingerprint density at radius 2 is 1.97 bits per heavy atom. The molecule has 160 valence electrons. The van der Waals surface area contributed by atoms with Crippen LogP contribution in [0.3, 0.4) is 0 Å². The minimum Gasteiger partial charge on any atom is -0.872 e. The molecule has 0 amide bonds. The van der Waals surface area contributed by atoms with Gasteiger partial charge in [0.2, 0.25) is 5.78 Å². The van der Waals surface area contributed by atoms with E-state index in [9.17, 15) is 9.90 Å². The van der Waals surface area contributed by atoms with Crippen LogP contribution in [0, 0.1) is 0 Å². The number of fused-ring (bicyclic) bond motifs is 2. The van der Waals surface area contributed by atoms with E-state index in [2.05, 4.69) is 4.90 Å². The molecule has 2 N–H and O–H groups in total. The topological polar surface area (TPSA) is 90.4 Å². The highest BCUT2D eigenvalue weighted by Crippen LogP contribution is 2.38. The second-order valence-corrected chi connectivity index (χ2v) is 8.04. The van der Waals surface area contributed by atoms with Gasteiger partial charge in [-0.2, -0.15) is 0 Å². The second kappa shape index (κ2) is 8.19. The second-order valence-electron chi connectivity index (χ2n) is 8.04. The van der Waals surface area contributed by atoms with Gasteiger partial charge in [-0.1, -0.05) is 30.0 Å². The number of hydrogen-bond acceptors (Lipinski definition) is 6. The summed E-state index contributed by atoms with van der Waals surface area (Å²) in [4.78, 5) is 16.4. The first kappa shape index (κ1) is 19.8. The number of Topliss-reactive ketones (excluding diaryl/α,β-unsaturated/α-hetero) is 1. The van der Waals surface area contributed by atoms with Gasteiger partial charge < -0.3 is 24.3 Å². The Morgan fingerprint density at radius 3 is 2.74 bits per heavy atom. The molecule has 7 nitrogen and oxygen atoms in total. The monoisotopic (exact) mass is 420 g/mol. The van der Waals surface area contributed by atoms with Crippen molar-refractivity contribution in [3.8, 4) is 11.5 Å². The minimum absolute atomic E-state index is 0.109. The average molecular weight is 420 g/mol. The Bertz CT molecular complexity index is 1120. The first-order chi connectivity index (χ1) is 15.1. The third-order valence-electron chi connectivity index (χ3n) is 6.02. The molecule has 1 aromatic heterocycles. The number of aliphatic hydroxyl groups excluding tert-OH is 1. The van der Waals surface area contributed by atoms with E-state index in [1.165, 1.54) is 11.0 Å². The number of ether oxygens (including phenoxy) is 1. The third kappa shape index (κ3) is 3.83. The lowest BCUT2D eigenvalue weighted by atomic mass is 10.0. The summed E-state index contributed by atoms with van der Waals surface area (Å²) < 4.78 is 11.7. The number of benzene rings is 2. The molecule has 7 heteroatoms. The quantitative estimate of drug-likeness (QED) is 0.594. The number of β-amino-alcohol motifs (C(OH)–C–C–N with tert-alkyl or cyclic N) is 1. The van der Waals surface area contributed by atoms with Crippen molar-refractivity contribution in [2.75, 3.05) is 39.3 Å². The number of carbonyl (C=O) groups excluding carboxylic acids is 1. The van der Waals surface area contributed by atoms with Gasteiger partial charge in [0.1, 0.15) is 23.6 Å². The van der Waals surface area contributed by atoms with Crippen LogP contribution in [0.4, 0.5) is 0 Å². The largest absolute Gasteiger partial charge is 0.872 e. The van der Waals surface area contributed by atoms with Crippen molar-refractivity contribution in [3.63, 3.8) is 0 Å². The molecular formula is C24H24N2O5. The van der Waals surface area contributed by atoms with Crippen molar-refractivity contribution in [1.29, 1.82) is 0 Å². The molecule has 0 radical (unpaired) electrons. The van der Waals surface area contributed by atoms with Crippen LogP contribution < -0.4 is 14.7 Å². The Labute approximate surface area is 179 Å². The number of ketones is 1. The summed E-state index contributed by atoms with van der Waals surface area (Å²) in [5, 5.41) is 22.7. The molecule has 31 heavy (non-hydrogen) atoms. The number of para-hydroxylation sites is 1. The summed E-state index contributed by atoms with van der Waals surface area (Å²) in [7, 11) is 0. The molecule has 3 aromatic rings. The summed E-state index contributed by atoms with van der Waals surface area (Å²) in [5.41, 5.74) is 1.71. The lowest BCUT2D eigenvalue weighted by Crippen LogP contribution is -3.13. The number of piperazine rings is 1. The van der Waals surface area contributed by atoms with Gasteiger partial charge in [-0.3, -0.25) is 9.69 Å². The molecule has 0 unspecified atom stereocenters. The Morgan fingerprint density at radius 1 is 1.16 bits per heavy atom. The molecule has 2 aliphatic heterocycles. The SMILES string of the molecule is O=C1C(=Cc2cc3ccccc3o2)Oc2c1ccc([O-])c2C[NH+]1CCN(CCO)CC1. The lowest BCUT2D eigenvalue weighted by Gasteiger charge is -2.32.